The van der Waals surface area contributed by atoms with Gasteiger partial charge >= 0.3 is 0 Å². The minimum atomic E-state index is -0.453. The molecule has 0 unspecified atom stereocenters. The fraction of sp³-hybridized carbons (Fsp3) is 0.533. The quantitative estimate of drug-likeness (QED) is 0.800. The first-order valence-corrected chi connectivity index (χ1v) is 7.53. The van der Waals surface area contributed by atoms with E-state index in [1.807, 2.05) is 0 Å². The summed E-state index contributed by atoms with van der Waals surface area (Å²) in [6.07, 6.45) is 2.02. The molecule has 104 valence electrons. The highest BCUT2D eigenvalue weighted by molar-refractivity contribution is 9.10. The maximum Gasteiger partial charge on any atom is 0.257 e. The van der Waals surface area contributed by atoms with Crippen molar-refractivity contribution in [3.8, 4) is 0 Å². The molecule has 4 heteroatoms. The largest absolute Gasteiger partial charge is 0.339 e. The Morgan fingerprint density at radius 3 is 2.53 bits per heavy atom. The normalized spacial score (nSPS) is 17.0. The highest BCUT2D eigenvalue weighted by Gasteiger charge is 2.27. The summed E-state index contributed by atoms with van der Waals surface area (Å²) in [6.45, 7) is 5.89. The Kier molecular flexibility index (Phi) is 4.61. The summed E-state index contributed by atoms with van der Waals surface area (Å²) in [5.74, 6) is 0.670. The number of benzene rings is 1. The maximum absolute atomic E-state index is 13.8. The van der Waals surface area contributed by atoms with Crippen molar-refractivity contribution in [1.82, 2.24) is 4.90 Å². The monoisotopic (exact) mass is 327 g/mol. The summed E-state index contributed by atoms with van der Waals surface area (Å²) in [4.78, 5) is 14.1. The van der Waals surface area contributed by atoms with Crippen LogP contribution in [0.5, 0.6) is 0 Å². The predicted octanol–water partition coefficient (Wildman–Crippen LogP) is 4.10. The second kappa shape index (κ2) is 6.04. The van der Waals surface area contributed by atoms with E-state index in [9.17, 15) is 9.18 Å². The van der Waals surface area contributed by atoms with Gasteiger partial charge in [-0.1, -0.05) is 19.9 Å². The van der Waals surface area contributed by atoms with Crippen molar-refractivity contribution in [1.29, 1.82) is 0 Å². The van der Waals surface area contributed by atoms with Crippen molar-refractivity contribution in [2.75, 3.05) is 13.1 Å². The summed E-state index contributed by atoms with van der Waals surface area (Å²) in [7, 11) is 0. The van der Waals surface area contributed by atoms with Crippen LogP contribution in [0.4, 0.5) is 4.39 Å². The van der Waals surface area contributed by atoms with Gasteiger partial charge in [-0.15, -0.1) is 0 Å². The van der Waals surface area contributed by atoms with E-state index in [1.165, 1.54) is 6.07 Å². The van der Waals surface area contributed by atoms with Crippen LogP contribution in [0.15, 0.2) is 22.7 Å². The standard InChI is InChI=1S/C15H19BrFNO/c1-10(2)11-6-8-18(9-7-11)15(19)14-12(16)4-3-5-13(14)17/h3-5,10-11H,6-9H2,1-2H3. The Morgan fingerprint density at radius 2 is 2.00 bits per heavy atom. The van der Waals surface area contributed by atoms with Crippen molar-refractivity contribution in [2.24, 2.45) is 11.8 Å². The number of hydrogen-bond donors (Lipinski definition) is 0. The van der Waals surface area contributed by atoms with E-state index in [2.05, 4.69) is 29.8 Å². The van der Waals surface area contributed by atoms with Gasteiger partial charge in [0.1, 0.15) is 5.82 Å². The molecule has 1 aliphatic rings. The Balaban J connectivity index is 2.10. The molecule has 1 aromatic carbocycles. The number of nitrogens with zero attached hydrogens (tertiary/aromatic N) is 1. The van der Waals surface area contributed by atoms with Gasteiger partial charge in [-0.3, -0.25) is 4.79 Å². The average molecular weight is 328 g/mol. The molecule has 1 heterocycles. The molecule has 2 nitrogen and oxygen atoms in total. The van der Waals surface area contributed by atoms with Crippen LogP contribution in [0.25, 0.3) is 0 Å². The first kappa shape index (κ1) is 14.5. The molecule has 0 bridgehead atoms. The van der Waals surface area contributed by atoms with Gasteiger partial charge in [0.2, 0.25) is 0 Å². The predicted molar refractivity (Wildman–Crippen MR) is 77.6 cm³/mol. The number of piperidine rings is 1. The molecule has 1 aromatic rings. The van der Waals surface area contributed by atoms with E-state index in [0.29, 0.717) is 16.3 Å². The lowest BCUT2D eigenvalue weighted by Crippen LogP contribution is -2.40. The Bertz CT molecular complexity index is 447. The molecule has 1 saturated heterocycles. The molecular formula is C15H19BrFNO. The summed E-state index contributed by atoms with van der Waals surface area (Å²) in [6, 6.07) is 4.64. The molecule has 1 fully saturated rings. The van der Waals surface area contributed by atoms with E-state index < -0.39 is 5.82 Å². The molecule has 19 heavy (non-hydrogen) atoms. The number of rotatable bonds is 2. The molecule has 1 amide bonds. The molecular weight excluding hydrogens is 309 g/mol. The van der Waals surface area contributed by atoms with E-state index in [1.54, 1.807) is 17.0 Å². The van der Waals surface area contributed by atoms with Crippen LogP contribution in [0.1, 0.15) is 37.0 Å². The molecule has 0 aromatic heterocycles. The van der Waals surface area contributed by atoms with Gasteiger partial charge in [0.05, 0.1) is 5.56 Å². The van der Waals surface area contributed by atoms with Crippen LogP contribution in [0, 0.1) is 17.7 Å². The Labute approximate surface area is 122 Å². The zero-order valence-electron chi connectivity index (χ0n) is 11.3. The van der Waals surface area contributed by atoms with E-state index in [0.717, 1.165) is 25.9 Å². The average Bonchev–Trinajstić information content (AvgIpc) is 2.38. The minimum Gasteiger partial charge on any atom is -0.339 e. The van der Waals surface area contributed by atoms with Crippen molar-refractivity contribution in [3.05, 3.63) is 34.1 Å². The lowest BCUT2D eigenvalue weighted by molar-refractivity contribution is 0.0662. The minimum absolute atomic E-state index is 0.158. The number of hydrogen-bond acceptors (Lipinski definition) is 1. The zero-order valence-corrected chi connectivity index (χ0v) is 12.9. The van der Waals surface area contributed by atoms with Gasteiger partial charge < -0.3 is 4.90 Å². The van der Waals surface area contributed by atoms with Crippen LogP contribution in [0.2, 0.25) is 0 Å². The van der Waals surface area contributed by atoms with E-state index >= 15 is 0 Å². The smallest absolute Gasteiger partial charge is 0.257 e. The molecule has 0 N–H and O–H groups in total. The first-order valence-electron chi connectivity index (χ1n) is 6.74. The highest BCUT2D eigenvalue weighted by Crippen LogP contribution is 2.27. The lowest BCUT2D eigenvalue weighted by atomic mass is 9.86. The van der Waals surface area contributed by atoms with Gasteiger partial charge in [-0.05, 0) is 52.7 Å². The number of likely N-dealkylation sites (tertiary alicyclic amines) is 1. The fourth-order valence-corrected chi connectivity index (χ4v) is 3.14. The van der Waals surface area contributed by atoms with Gasteiger partial charge in [-0.2, -0.15) is 0 Å². The number of carbonyl (C=O) groups is 1. The SMILES string of the molecule is CC(C)C1CCN(C(=O)c2c(F)cccc2Br)CC1. The Morgan fingerprint density at radius 1 is 1.37 bits per heavy atom. The maximum atomic E-state index is 13.8. The van der Waals surface area contributed by atoms with Crippen molar-refractivity contribution in [2.45, 2.75) is 26.7 Å². The third-order valence-electron chi connectivity index (χ3n) is 3.95. The van der Waals surface area contributed by atoms with E-state index in [-0.39, 0.29) is 11.5 Å². The zero-order chi connectivity index (χ0) is 14.0. The molecule has 0 saturated carbocycles. The van der Waals surface area contributed by atoms with Gasteiger partial charge in [-0.25, -0.2) is 4.39 Å². The highest BCUT2D eigenvalue weighted by atomic mass is 79.9. The van der Waals surface area contributed by atoms with Crippen LogP contribution in [-0.4, -0.2) is 23.9 Å². The van der Waals surface area contributed by atoms with Gasteiger partial charge in [0, 0.05) is 17.6 Å². The molecule has 0 spiro atoms. The van der Waals surface area contributed by atoms with Crippen LogP contribution in [-0.2, 0) is 0 Å². The second-order valence-electron chi connectivity index (χ2n) is 5.47. The fourth-order valence-electron chi connectivity index (χ4n) is 2.63. The Hall–Kier alpha value is -0.900. The number of amides is 1. The van der Waals surface area contributed by atoms with Crippen LogP contribution >= 0.6 is 15.9 Å². The van der Waals surface area contributed by atoms with Gasteiger partial charge in [0.25, 0.3) is 5.91 Å². The third-order valence-corrected chi connectivity index (χ3v) is 4.61. The topological polar surface area (TPSA) is 20.3 Å². The summed E-state index contributed by atoms with van der Waals surface area (Å²) in [5.41, 5.74) is 0.158. The molecule has 0 aliphatic carbocycles. The summed E-state index contributed by atoms with van der Waals surface area (Å²) < 4.78 is 14.3. The van der Waals surface area contributed by atoms with Crippen molar-refractivity contribution >= 4 is 21.8 Å². The number of halogens is 2. The lowest BCUT2D eigenvalue weighted by Gasteiger charge is -2.34. The third kappa shape index (κ3) is 3.16. The summed E-state index contributed by atoms with van der Waals surface area (Å²) >= 11 is 3.26. The summed E-state index contributed by atoms with van der Waals surface area (Å²) in [5, 5.41) is 0. The van der Waals surface area contributed by atoms with E-state index in [4.69, 9.17) is 0 Å². The second-order valence-corrected chi connectivity index (χ2v) is 6.32. The molecule has 2 rings (SSSR count). The van der Waals surface area contributed by atoms with Crippen molar-refractivity contribution in [3.63, 3.8) is 0 Å². The molecule has 0 radical (unpaired) electrons. The first-order chi connectivity index (χ1) is 9.00. The van der Waals surface area contributed by atoms with Crippen LogP contribution < -0.4 is 0 Å². The van der Waals surface area contributed by atoms with Gasteiger partial charge in [0.15, 0.2) is 0 Å². The number of carbonyl (C=O) groups excluding carboxylic acids is 1. The molecule has 0 atom stereocenters. The molecule has 1 aliphatic heterocycles. The van der Waals surface area contributed by atoms with Crippen LogP contribution in [0.3, 0.4) is 0 Å². The van der Waals surface area contributed by atoms with Crippen molar-refractivity contribution < 1.29 is 9.18 Å².